The van der Waals surface area contributed by atoms with E-state index in [0.29, 0.717) is 25.2 Å². The summed E-state index contributed by atoms with van der Waals surface area (Å²) in [6.07, 6.45) is 6.67. The van der Waals surface area contributed by atoms with Crippen molar-refractivity contribution in [3.8, 4) is 11.5 Å². The molecule has 4 rings (SSSR count). The summed E-state index contributed by atoms with van der Waals surface area (Å²) in [6.45, 7) is 8.59. The summed E-state index contributed by atoms with van der Waals surface area (Å²) in [5.41, 5.74) is 2.53. The molecule has 0 radical (unpaired) electrons. The van der Waals surface area contributed by atoms with Gasteiger partial charge in [-0.25, -0.2) is 0 Å². The van der Waals surface area contributed by atoms with Gasteiger partial charge in [-0.05, 0) is 57.2 Å². The molecular weight excluding hydrogens is 314 g/mol. The summed E-state index contributed by atoms with van der Waals surface area (Å²) in [4.78, 5) is 0. The maximum atomic E-state index is 5.75. The van der Waals surface area contributed by atoms with Crippen LogP contribution in [0.1, 0.15) is 50.8 Å². The van der Waals surface area contributed by atoms with E-state index in [1.807, 2.05) is 16.9 Å². The number of nitrogens with zero attached hydrogens (tertiary/aromatic N) is 2. The zero-order chi connectivity index (χ0) is 17.4. The molecule has 1 atom stereocenters. The van der Waals surface area contributed by atoms with Crippen LogP contribution in [0.15, 0.2) is 30.6 Å². The molecular formula is C20H27N3O2. The number of ether oxygens (including phenoxy) is 2. The van der Waals surface area contributed by atoms with E-state index in [9.17, 15) is 0 Å². The van der Waals surface area contributed by atoms with E-state index in [0.717, 1.165) is 18.0 Å². The van der Waals surface area contributed by atoms with Gasteiger partial charge in [0.25, 0.3) is 0 Å². The molecule has 0 amide bonds. The maximum Gasteiger partial charge on any atom is 0.161 e. The van der Waals surface area contributed by atoms with Gasteiger partial charge < -0.3 is 14.8 Å². The zero-order valence-electron chi connectivity index (χ0n) is 15.3. The van der Waals surface area contributed by atoms with E-state index in [1.54, 1.807) is 0 Å². The Morgan fingerprint density at radius 2 is 1.96 bits per heavy atom. The molecule has 0 saturated heterocycles. The average Bonchev–Trinajstić information content (AvgIpc) is 3.30. The first kappa shape index (κ1) is 16.5. The number of fused-ring (bicyclic) bond motifs is 1. The molecule has 1 aliphatic heterocycles. The van der Waals surface area contributed by atoms with Crippen molar-refractivity contribution in [2.24, 2.45) is 5.92 Å². The second-order valence-electron chi connectivity index (χ2n) is 8.06. The standard InChI is InChI=1S/C20H27N3O2/c1-20(2,3)23-13-14(12-22-23)11-21-19(15-4-5-15)16-6-7-17-18(10-16)25-9-8-24-17/h6-7,10,12-13,15,19,21H,4-5,8-9,11H2,1-3H3/t19-/m1/s1. The van der Waals surface area contributed by atoms with Gasteiger partial charge in [-0.3, -0.25) is 4.68 Å². The van der Waals surface area contributed by atoms with Crippen molar-refractivity contribution in [1.82, 2.24) is 15.1 Å². The third-order valence-electron chi connectivity index (χ3n) is 4.87. The van der Waals surface area contributed by atoms with Gasteiger partial charge in [0.2, 0.25) is 0 Å². The molecule has 0 bridgehead atoms. The highest BCUT2D eigenvalue weighted by Gasteiger charge is 2.32. The Bertz CT molecular complexity index is 744. The van der Waals surface area contributed by atoms with Gasteiger partial charge in [0.15, 0.2) is 11.5 Å². The fraction of sp³-hybridized carbons (Fsp3) is 0.550. The van der Waals surface area contributed by atoms with Gasteiger partial charge in [0, 0.05) is 24.3 Å². The molecule has 2 aromatic rings. The van der Waals surface area contributed by atoms with E-state index in [4.69, 9.17) is 9.47 Å². The third-order valence-corrected chi connectivity index (χ3v) is 4.87. The molecule has 2 heterocycles. The van der Waals surface area contributed by atoms with E-state index >= 15 is 0 Å². The molecule has 0 spiro atoms. The minimum absolute atomic E-state index is 0.0178. The van der Waals surface area contributed by atoms with E-state index < -0.39 is 0 Å². The van der Waals surface area contributed by atoms with Crippen LogP contribution in [0, 0.1) is 5.92 Å². The number of aromatic nitrogens is 2. The Kier molecular flexibility index (Phi) is 4.20. The Balaban J connectivity index is 1.48. The van der Waals surface area contributed by atoms with Crippen LogP contribution < -0.4 is 14.8 Å². The molecule has 1 saturated carbocycles. The average molecular weight is 341 g/mol. The predicted octanol–water partition coefficient (Wildman–Crippen LogP) is 3.65. The zero-order valence-corrected chi connectivity index (χ0v) is 15.3. The molecule has 1 fully saturated rings. The third kappa shape index (κ3) is 3.66. The lowest BCUT2D eigenvalue weighted by atomic mass is 10.0. The number of benzene rings is 1. The van der Waals surface area contributed by atoms with E-state index in [2.05, 4.69) is 49.5 Å². The SMILES string of the molecule is CC(C)(C)n1cc(CN[C@@H](c2ccc3c(c2)OCCO3)C2CC2)cn1. The van der Waals surface area contributed by atoms with Gasteiger partial charge in [0.05, 0.1) is 11.7 Å². The summed E-state index contributed by atoms with van der Waals surface area (Å²) < 4.78 is 13.4. The molecule has 1 N–H and O–H groups in total. The summed E-state index contributed by atoms with van der Waals surface area (Å²) in [7, 11) is 0. The van der Waals surface area contributed by atoms with Crippen molar-refractivity contribution in [2.75, 3.05) is 13.2 Å². The second-order valence-corrected chi connectivity index (χ2v) is 8.06. The van der Waals surface area contributed by atoms with Gasteiger partial charge in [-0.15, -0.1) is 0 Å². The highest BCUT2D eigenvalue weighted by Crippen LogP contribution is 2.43. The van der Waals surface area contributed by atoms with Crippen molar-refractivity contribution >= 4 is 0 Å². The minimum Gasteiger partial charge on any atom is -0.486 e. The Morgan fingerprint density at radius 1 is 1.20 bits per heavy atom. The topological polar surface area (TPSA) is 48.3 Å². The van der Waals surface area contributed by atoms with Crippen LogP contribution in [0.3, 0.4) is 0 Å². The minimum atomic E-state index is 0.0178. The van der Waals surface area contributed by atoms with Crippen LogP contribution in [0.5, 0.6) is 11.5 Å². The Labute approximate surface area is 149 Å². The number of nitrogens with one attached hydrogen (secondary N) is 1. The van der Waals surface area contributed by atoms with Crippen molar-refractivity contribution in [3.63, 3.8) is 0 Å². The van der Waals surface area contributed by atoms with Gasteiger partial charge >= 0.3 is 0 Å². The Hall–Kier alpha value is -2.01. The van der Waals surface area contributed by atoms with Crippen LogP contribution in [-0.2, 0) is 12.1 Å². The first-order valence-electron chi connectivity index (χ1n) is 9.18. The number of rotatable bonds is 5. The lowest BCUT2D eigenvalue weighted by Gasteiger charge is -2.23. The fourth-order valence-electron chi connectivity index (χ4n) is 3.29. The molecule has 0 unspecified atom stereocenters. The van der Waals surface area contributed by atoms with Crippen LogP contribution in [0.2, 0.25) is 0 Å². The van der Waals surface area contributed by atoms with Crippen LogP contribution in [0.4, 0.5) is 0 Å². The van der Waals surface area contributed by atoms with Crippen LogP contribution >= 0.6 is 0 Å². The smallest absolute Gasteiger partial charge is 0.161 e. The summed E-state index contributed by atoms with van der Waals surface area (Å²) in [5.74, 6) is 2.44. The summed E-state index contributed by atoms with van der Waals surface area (Å²) in [5, 5.41) is 8.23. The molecule has 5 nitrogen and oxygen atoms in total. The van der Waals surface area contributed by atoms with Gasteiger partial charge in [0.1, 0.15) is 13.2 Å². The number of hydrogen-bond acceptors (Lipinski definition) is 4. The van der Waals surface area contributed by atoms with Crippen LogP contribution in [-0.4, -0.2) is 23.0 Å². The largest absolute Gasteiger partial charge is 0.486 e. The monoisotopic (exact) mass is 341 g/mol. The van der Waals surface area contributed by atoms with E-state index in [-0.39, 0.29) is 5.54 Å². The molecule has 134 valence electrons. The Morgan fingerprint density at radius 3 is 2.64 bits per heavy atom. The van der Waals surface area contributed by atoms with Crippen molar-refractivity contribution in [1.29, 1.82) is 0 Å². The predicted molar refractivity (Wildman–Crippen MR) is 97.0 cm³/mol. The quantitative estimate of drug-likeness (QED) is 0.902. The first-order chi connectivity index (χ1) is 12.0. The van der Waals surface area contributed by atoms with Crippen molar-refractivity contribution in [3.05, 3.63) is 41.7 Å². The van der Waals surface area contributed by atoms with Crippen molar-refractivity contribution < 1.29 is 9.47 Å². The molecule has 1 aromatic heterocycles. The molecule has 1 aromatic carbocycles. The van der Waals surface area contributed by atoms with Gasteiger partial charge in [-0.1, -0.05) is 6.07 Å². The lowest BCUT2D eigenvalue weighted by molar-refractivity contribution is 0.171. The highest BCUT2D eigenvalue weighted by molar-refractivity contribution is 5.45. The molecule has 1 aliphatic carbocycles. The number of hydrogen-bond donors (Lipinski definition) is 1. The summed E-state index contributed by atoms with van der Waals surface area (Å²) in [6, 6.07) is 6.71. The molecule has 5 heteroatoms. The maximum absolute atomic E-state index is 5.75. The lowest BCUT2D eigenvalue weighted by Crippen LogP contribution is -2.24. The van der Waals surface area contributed by atoms with E-state index in [1.165, 1.54) is 24.0 Å². The van der Waals surface area contributed by atoms with Crippen molar-refractivity contribution in [2.45, 2.75) is 51.7 Å². The molecule has 25 heavy (non-hydrogen) atoms. The molecule has 2 aliphatic rings. The normalized spacial score (nSPS) is 18.2. The van der Waals surface area contributed by atoms with Crippen LogP contribution in [0.25, 0.3) is 0 Å². The summed E-state index contributed by atoms with van der Waals surface area (Å²) >= 11 is 0. The fourth-order valence-corrected chi connectivity index (χ4v) is 3.29. The highest BCUT2D eigenvalue weighted by atomic mass is 16.6. The first-order valence-corrected chi connectivity index (χ1v) is 9.18. The van der Waals surface area contributed by atoms with Gasteiger partial charge in [-0.2, -0.15) is 5.10 Å². The second kappa shape index (κ2) is 6.37.